The molecule has 1 unspecified atom stereocenters. The minimum atomic E-state index is -2.66. The number of amides is 2. The molecular formula is C20H27N5O5S. The molecule has 2 aromatic heterocycles. The number of aromatic nitrogens is 3. The Morgan fingerprint density at radius 1 is 1.39 bits per heavy atom. The molecule has 10 nitrogen and oxygen atoms in total. The number of nitrogens with one attached hydrogen (secondary N) is 1. The van der Waals surface area contributed by atoms with Crippen molar-refractivity contribution in [2.45, 2.75) is 57.7 Å². The molecule has 11 heteroatoms. The molecule has 1 spiro atoms. The van der Waals surface area contributed by atoms with E-state index in [2.05, 4.69) is 19.8 Å². The van der Waals surface area contributed by atoms with E-state index in [0.717, 1.165) is 0 Å². The van der Waals surface area contributed by atoms with E-state index in [1.165, 1.54) is 6.39 Å². The van der Waals surface area contributed by atoms with Crippen LogP contribution in [0.1, 0.15) is 59.3 Å². The molecule has 0 saturated carbocycles. The summed E-state index contributed by atoms with van der Waals surface area (Å²) in [5.41, 5.74) is 0.298. The van der Waals surface area contributed by atoms with Gasteiger partial charge in [0.05, 0.1) is 21.0 Å². The van der Waals surface area contributed by atoms with Crippen LogP contribution >= 0.6 is 0 Å². The van der Waals surface area contributed by atoms with Crippen molar-refractivity contribution >= 4 is 21.5 Å². The number of aryl methyl sites for hydroxylation is 2. The maximum absolute atomic E-state index is 13.2. The standard InChI is InChI=1S/C20H27N5O5S/c1-3-25-8-4-16(23-25)18(26)24-31(28)10-6-20(7-11-31)12-15(5-9-30-20)22-19(27)17-14(2)21-13-29-17/h4,8,13,15H,3,5-7,9-12H2,1-2H3,(H,22,27). The highest BCUT2D eigenvalue weighted by Gasteiger charge is 2.42. The fraction of sp³-hybridized carbons (Fsp3) is 0.600. The maximum atomic E-state index is 13.2. The summed E-state index contributed by atoms with van der Waals surface area (Å²) in [7, 11) is -2.66. The van der Waals surface area contributed by atoms with Crippen molar-refractivity contribution < 1.29 is 23.0 Å². The van der Waals surface area contributed by atoms with Gasteiger partial charge in [0, 0.05) is 36.9 Å². The fourth-order valence-corrected chi connectivity index (χ4v) is 6.29. The van der Waals surface area contributed by atoms with Crippen molar-refractivity contribution in [3.8, 4) is 0 Å². The summed E-state index contributed by atoms with van der Waals surface area (Å²) in [6.45, 7) is 4.80. The van der Waals surface area contributed by atoms with Crippen LogP contribution in [-0.2, 0) is 21.0 Å². The van der Waals surface area contributed by atoms with Gasteiger partial charge in [-0.15, -0.1) is 0 Å². The maximum Gasteiger partial charge on any atom is 0.305 e. The van der Waals surface area contributed by atoms with Gasteiger partial charge < -0.3 is 14.5 Å². The summed E-state index contributed by atoms with van der Waals surface area (Å²) in [4.78, 5) is 28.8. The third-order valence-corrected chi connectivity index (χ3v) is 8.15. The molecule has 0 radical (unpaired) electrons. The van der Waals surface area contributed by atoms with E-state index in [1.807, 2.05) is 6.92 Å². The van der Waals surface area contributed by atoms with E-state index >= 15 is 0 Å². The molecule has 1 N–H and O–H groups in total. The van der Waals surface area contributed by atoms with Crippen molar-refractivity contribution in [3.63, 3.8) is 0 Å². The minimum Gasteiger partial charge on any atom is -0.438 e. The van der Waals surface area contributed by atoms with E-state index in [0.29, 0.717) is 44.5 Å². The number of carbonyl (C=O) groups excluding carboxylic acids is 2. The van der Waals surface area contributed by atoms with Gasteiger partial charge in [-0.1, -0.05) is 0 Å². The lowest BCUT2D eigenvalue weighted by molar-refractivity contribution is -0.0925. The highest BCUT2D eigenvalue weighted by Crippen LogP contribution is 2.36. The van der Waals surface area contributed by atoms with Gasteiger partial charge in [-0.05, 0) is 45.6 Å². The molecule has 0 aliphatic carbocycles. The monoisotopic (exact) mass is 449 g/mol. The first-order valence-electron chi connectivity index (χ1n) is 10.5. The molecule has 2 fully saturated rings. The molecule has 0 aromatic carbocycles. The SMILES string of the molecule is CCn1ccc(C(=O)N=S2(=O)CCC3(CC2)CC(NC(=O)c2ocnc2C)CCO3)n1. The van der Waals surface area contributed by atoms with Gasteiger partial charge >= 0.3 is 5.91 Å². The van der Waals surface area contributed by atoms with Crippen LogP contribution in [0.3, 0.4) is 0 Å². The average Bonchev–Trinajstić information content (AvgIpc) is 3.40. The van der Waals surface area contributed by atoms with Gasteiger partial charge in [0.25, 0.3) is 5.91 Å². The summed E-state index contributed by atoms with van der Waals surface area (Å²) in [6, 6.07) is 1.52. The number of oxazole rings is 1. The second kappa shape index (κ2) is 8.54. The molecule has 2 aliphatic rings. The molecular weight excluding hydrogens is 422 g/mol. The zero-order chi connectivity index (χ0) is 22.1. The Labute approximate surface area is 180 Å². The van der Waals surface area contributed by atoms with E-state index < -0.39 is 21.2 Å². The molecule has 0 bridgehead atoms. The van der Waals surface area contributed by atoms with Gasteiger partial charge in [-0.3, -0.25) is 14.3 Å². The predicted molar refractivity (Wildman–Crippen MR) is 112 cm³/mol. The second-order valence-electron chi connectivity index (χ2n) is 8.10. The van der Waals surface area contributed by atoms with Crippen molar-refractivity contribution in [2.75, 3.05) is 18.1 Å². The van der Waals surface area contributed by atoms with Crippen LogP contribution in [0, 0.1) is 6.92 Å². The van der Waals surface area contributed by atoms with Crippen molar-refractivity contribution in [3.05, 3.63) is 35.8 Å². The van der Waals surface area contributed by atoms with Crippen LogP contribution < -0.4 is 5.32 Å². The molecule has 31 heavy (non-hydrogen) atoms. The summed E-state index contributed by atoms with van der Waals surface area (Å²) < 4.78 is 30.1. The molecule has 2 aliphatic heterocycles. The normalized spacial score (nSPS) is 28.4. The Bertz CT molecular complexity index is 1080. The van der Waals surface area contributed by atoms with Crippen LogP contribution in [0.5, 0.6) is 0 Å². The van der Waals surface area contributed by atoms with E-state index in [4.69, 9.17) is 9.15 Å². The van der Waals surface area contributed by atoms with Crippen LogP contribution in [0.15, 0.2) is 27.4 Å². The number of nitrogens with zero attached hydrogens (tertiary/aromatic N) is 4. The first-order valence-corrected chi connectivity index (χ1v) is 12.3. The van der Waals surface area contributed by atoms with E-state index in [1.54, 1.807) is 23.9 Å². The summed E-state index contributed by atoms with van der Waals surface area (Å²) in [5, 5.41) is 7.15. The van der Waals surface area contributed by atoms with E-state index in [-0.39, 0.29) is 34.9 Å². The topological polar surface area (TPSA) is 129 Å². The highest BCUT2D eigenvalue weighted by molar-refractivity contribution is 7.93. The van der Waals surface area contributed by atoms with Gasteiger partial charge in [0.2, 0.25) is 5.76 Å². The molecule has 2 amide bonds. The van der Waals surface area contributed by atoms with Gasteiger partial charge in [-0.2, -0.15) is 9.46 Å². The number of carbonyl (C=O) groups is 2. The third kappa shape index (κ3) is 4.72. The number of rotatable bonds is 4. The van der Waals surface area contributed by atoms with Crippen molar-refractivity contribution in [1.82, 2.24) is 20.1 Å². The first kappa shape index (κ1) is 21.7. The van der Waals surface area contributed by atoms with Gasteiger partial charge in [0.1, 0.15) is 0 Å². The van der Waals surface area contributed by atoms with Crippen LogP contribution in [0.25, 0.3) is 0 Å². The van der Waals surface area contributed by atoms with Crippen LogP contribution in [0.4, 0.5) is 0 Å². The van der Waals surface area contributed by atoms with Crippen molar-refractivity contribution in [1.29, 1.82) is 0 Å². The highest BCUT2D eigenvalue weighted by atomic mass is 32.2. The smallest absolute Gasteiger partial charge is 0.305 e. The lowest BCUT2D eigenvalue weighted by Gasteiger charge is -2.44. The Morgan fingerprint density at radius 2 is 2.16 bits per heavy atom. The Kier molecular flexibility index (Phi) is 5.98. The summed E-state index contributed by atoms with van der Waals surface area (Å²) in [5.74, 6) is -0.0337. The minimum absolute atomic E-state index is 0.0727. The number of hydrogen-bond acceptors (Lipinski definition) is 7. The van der Waals surface area contributed by atoms with Crippen molar-refractivity contribution in [2.24, 2.45) is 4.36 Å². The lowest BCUT2D eigenvalue weighted by atomic mass is 9.85. The Morgan fingerprint density at radius 3 is 2.81 bits per heavy atom. The second-order valence-corrected chi connectivity index (χ2v) is 10.6. The van der Waals surface area contributed by atoms with Crippen LogP contribution in [0.2, 0.25) is 0 Å². The molecule has 2 saturated heterocycles. The number of hydrogen-bond donors (Lipinski definition) is 1. The largest absolute Gasteiger partial charge is 0.438 e. The van der Waals surface area contributed by atoms with Crippen LogP contribution in [-0.4, -0.2) is 60.5 Å². The zero-order valence-electron chi connectivity index (χ0n) is 17.7. The molecule has 4 heterocycles. The van der Waals surface area contributed by atoms with Gasteiger partial charge in [0.15, 0.2) is 12.1 Å². The average molecular weight is 450 g/mol. The fourth-order valence-electron chi connectivity index (χ4n) is 4.13. The number of ether oxygens (including phenoxy) is 1. The zero-order valence-corrected chi connectivity index (χ0v) is 18.5. The molecule has 1 atom stereocenters. The summed E-state index contributed by atoms with van der Waals surface area (Å²) in [6.07, 6.45) is 5.33. The quantitative estimate of drug-likeness (QED) is 0.755. The third-order valence-electron chi connectivity index (χ3n) is 5.97. The Hall–Kier alpha value is -2.53. The van der Waals surface area contributed by atoms with E-state index in [9.17, 15) is 13.8 Å². The summed E-state index contributed by atoms with van der Waals surface area (Å²) >= 11 is 0. The van der Waals surface area contributed by atoms with Gasteiger partial charge in [-0.25, -0.2) is 9.19 Å². The molecule has 4 rings (SSSR count). The lowest BCUT2D eigenvalue weighted by Crippen LogP contribution is -2.52. The molecule has 2 aromatic rings. The molecule has 168 valence electrons. The first-order chi connectivity index (χ1) is 14.8. The Balaban J connectivity index is 1.39. The predicted octanol–water partition coefficient (Wildman–Crippen LogP) is 1.95.